The van der Waals surface area contributed by atoms with Gasteiger partial charge in [0, 0.05) is 23.5 Å². The number of esters is 1. The molecule has 6 heteroatoms. The number of fused-ring (bicyclic) bond motifs is 4. The summed E-state index contributed by atoms with van der Waals surface area (Å²) in [5, 5.41) is 6.38. The number of carbonyl (C=O) groups excluding carboxylic acids is 1. The second-order valence-electron chi connectivity index (χ2n) is 8.24. The largest absolute Gasteiger partial charge is 0.460 e. The fourth-order valence-electron chi connectivity index (χ4n) is 4.68. The Kier molecular flexibility index (Phi) is 5.44. The van der Waals surface area contributed by atoms with E-state index in [9.17, 15) is 9.18 Å². The molecule has 1 aromatic heterocycles. The number of carbonyl (C=O) groups is 1. The van der Waals surface area contributed by atoms with Crippen LogP contribution in [0.25, 0.3) is 10.1 Å². The van der Waals surface area contributed by atoms with Crippen LogP contribution in [0.5, 0.6) is 0 Å². The summed E-state index contributed by atoms with van der Waals surface area (Å²) in [6, 6.07) is 14.5. The Labute approximate surface area is 179 Å². The Morgan fingerprint density at radius 1 is 1.20 bits per heavy atom. The van der Waals surface area contributed by atoms with Gasteiger partial charge in [-0.15, -0.1) is 11.3 Å². The van der Waals surface area contributed by atoms with Gasteiger partial charge in [-0.3, -0.25) is 9.69 Å². The number of piperidine rings is 3. The molecule has 0 aliphatic carbocycles. The van der Waals surface area contributed by atoms with E-state index in [0.29, 0.717) is 18.2 Å². The number of rotatable bonds is 6. The lowest BCUT2D eigenvalue weighted by Crippen LogP contribution is -2.52. The highest BCUT2D eigenvalue weighted by molar-refractivity contribution is 7.17. The van der Waals surface area contributed by atoms with Gasteiger partial charge < -0.3 is 10.1 Å². The maximum absolute atomic E-state index is 13.6. The molecule has 30 heavy (non-hydrogen) atoms. The summed E-state index contributed by atoms with van der Waals surface area (Å²) in [7, 11) is 0. The van der Waals surface area contributed by atoms with Crippen LogP contribution in [-0.4, -0.2) is 43.2 Å². The van der Waals surface area contributed by atoms with Gasteiger partial charge >= 0.3 is 5.97 Å². The molecule has 3 saturated heterocycles. The lowest BCUT2D eigenvalue weighted by Gasteiger charge is -2.44. The van der Waals surface area contributed by atoms with E-state index in [1.165, 1.54) is 12.1 Å². The molecule has 2 aromatic carbocycles. The van der Waals surface area contributed by atoms with Crippen molar-refractivity contribution in [2.24, 2.45) is 5.92 Å². The van der Waals surface area contributed by atoms with Gasteiger partial charge in [0.15, 0.2) is 0 Å². The van der Waals surface area contributed by atoms with E-state index in [1.54, 1.807) is 17.4 Å². The number of halogens is 1. The summed E-state index contributed by atoms with van der Waals surface area (Å²) in [6.07, 6.45) is 2.18. The van der Waals surface area contributed by atoms with E-state index in [-0.39, 0.29) is 17.9 Å². The van der Waals surface area contributed by atoms with E-state index in [2.05, 4.69) is 27.7 Å². The lowest BCUT2D eigenvalue weighted by molar-refractivity contribution is -0.160. The van der Waals surface area contributed by atoms with Crippen molar-refractivity contribution < 1.29 is 13.9 Å². The highest BCUT2D eigenvalue weighted by Crippen LogP contribution is 2.35. The summed E-state index contributed by atoms with van der Waals surface area (Å²) >= 11 is 1.64. The Morgan fingerprint density at radius 3 is 2.80 bits per heavy atom. The van der Waals surface area contributed by atoms with Gasteiger partial charge in [0.25, 0.3) is 0 Å². The van der Waals surface area contributed by atoms with E-state index >= 15 is 0 Å². The fraction of sp³-hybridized carbons (Fsp3) is 0.375. The molecule has 2 atom stereocenters. The minimum absolute atomic E-state index is 0.0263. The number of anilines is 1. The van der Waals surface area contributed by atoms with E-state index in [0.717, 1.165) is 48.1 Å². The van der Waals surface area contributed by atoms with Gasteiger partial charge in [0.2, 0.25) is 0 Å². The highest BCUT2D eigenvalue weighted by atomic mass is 32.1. The third-order valence-electron chi connectivity index (χ3n) is 6.37. The molecule has 3 aromatic rings. The minimum Gasteiger partial charge on any atom is -0.460 e. The van der Waals surface area contributed by atoms with Crippen molar-refractivity contribution in [1.82, 2.24) is 4.90 Å². The van der Waals surface area contributed by atoms with Gasteiger partial charge in [-0.2, -0.15) is 0 Å². The third kappa shape index (κ3) is 3.94. The molecule has 156 valence electrons. The molecule has 0 saturated carbocycles. The number of nitrogens with one attached hydrogen (secondary N) is 1. The van der Waals surface area contributed by atoms with Crippen LogP contribution in [-0.2, 0) is 9.53 Å². The SMILES string of the molecule is O=C(O[C@H]1CN2CCC1CC2)C(CNc1cccc(F)c1)c1csc2ccccc12. The molecular formula is C24H25FN2O2S. The average molecular weight is 425 g/mol. The summed E-state index contributed by atoms with van der Waals surface area (Å²) in [4.78, 5) is 15.8. The summed E-state index contributed by atoms with van der Waals surface area (Å²) < 4.78 is 20.8. The van der Waals surface area contributed by atoms with E-state index < -0.39 is 5.92 Å². The maximum atomic E-state index is 13.6. The van der Waals surface area contributed by atoms with Gasteiger partial charge in [-0.1, -0.05) is 24.3 Å². The average Bonchev–Trinajstić information content (AvgIpc) is 3.19. The third-order valence-corrected chi connectivity index (χ3v) is 7.35. The lowest BCUT2D eigenvalue weighted by atomic mass is 9.85. The van der Waals surface area contributed by atoms with Gasteiger partial charge in [-0.25, -0.2) is 4.39 Å². The molecule has 4 heterocycles. The Morgan fingerprint density at radius 2 is 2.03 bits per heavy atom. The zero-order chi connectivity index (χ0) is 20.5. The van der Waals surface area contributed by atoms with Crippen LogP contribution in [0.2, 0.25) is 0 Å². The van der Waals surface area contributed by atoms with Crippen LogP contribution in [0.3, 0.4) is 0 Å². The van der Waals surface area contributed by atoms with Crippen molar-refractivity contribution in [3.8, 4) is 0 Å². The monoisotopic (exact) mass is 424 g/mol. The highest BCUT2D eigenvalue weighted by Gasteiger charge is 2.38. The molecule has 3 fully saturated rings. The first-order valence-electron chi connectivity index (χ1n) is 10.6. The van der Waals surface area contributed by atoms with Crippen molar-refractivity contribution in [3.63, 3.8) is 0 Å². The molecule has 0 radical (unpaired) electrons. The van der Waals surface area contributed by atoms with Crippen molar-refractivity contribution in [3.05, 3.63) is 65.3 Å². The Hall–Kier alpha value is -2.44. The summed E-state index contributed by atoms with van der Waals surface area (Å²) in [5.74, 6) is -0.469. The molecule has 4 nitrogen and oxygen atoms in total. The first kappa shape index (κ1) is 19.5. The number of thiophene rings is 1. The van der Waals surface area contributed by atoms with Gasteiger partial charge in [0.05, 0.1) is 0 Å². The van der Waals surface area contributed by atoms with Crippen molar-refractivity contribution in [2.45, 2.75) is 24.9 Å². The smallest absolute Gasteiger partial charge is 0.315 e. The van der Waals surface area contributed by atoms with Crippen molar-refractivity contribution in [2.75, 3.05) is 31.5 Å². The van der Waals surface area contributed by atoms with Crippen LogP contribution < -0.4 is 5.32 Å². The summed E-state index contributed by atoms with van der Waals surface area (Å²) in [5.41, 5.74) is 1.64. The second kappa shape index (κ2) is 8.36. The number of ether oxygens (including phenoxy) is 1. The van der Waals surface area contributed by atoms with Crippen LogP contribution in [0.4, 0.5) is 10.1 Å². The van der Waals surface area contributed by atoms with Crippen molar-refractivity contribution in [1.29, 1.82) is 0 Å². The molecule has 3 aliphatic rings. The predicted octanol–water partition coefficient (Wildman–Crippen LogP) is 4.87. The second-order valence-corrected chi connectivity index (χ2v) is 9.16. The number of hydrogen-bond donors (Lipinski definition) is 1. The number of hydrogen-bond acceptors (Lipinski definition) is 5. The van der Waals surface area contributed by atoms with E-state index in [4.69, 9.17) is 4.74 Å². The van der Waals surface area contributed by atoms with Gasteiger partial charge in [0.1, 0.15) is 17.8 Å². The standard InChI is InChI=1S/C24H25FN2O2S/c25-17-4-3-5-18(12-17)26-13-20(21-15-30-23-7-2-1-6-19(21)23)24(28)29-22-14-27-10-8-16(22)9-11-27/h1-7,12,15-16,20,22,26H,8-11,13-14H2/t20?,22-/m0/s1. The molecule has 1 unspecified atom stereocenters. The topological polar surface area (TPSA) is 41.6 Å². The van der Waals surface area contributed by atoms with Crippen LogP contribution in [0, 0.1) is 11.7 Å². The van der Waals surface area contributed by atoms with E-state index in [1.807, 2.05) is 18.2 Å². The number of benzene rings is 2. The quantitative estimate of drug-likeness (QED) is 0.573. The molecule has 6 rings (SSSR count). The zero-order valence-electron chi connectivity index (χ0n) is 16.7. The first-order chi connectivity index (χ1) is 14.7. The van der Waals surface area contributed by atoms with Crippen molar-refractivity contribution >= 4 is 33.1 Å². The molecular weight excluding hydrogens is 399 g/mol. The van der Waals surface area contributed by atoms with Gasteiger partial charge in [-0.05, 0) is 72.4 Å². The summed E-state index contributed by atoms with van der Waals surface area (Å²) in [6.45, 7) is 3.42. The predicted molar refractivity (Wildman–Crippen MR) is 118 cm³/mol. The maximum Gasteiger partial charge on any atom is 0.315 e. The zero-order valence-corrected chi connectivity index (χ0v) is 17.5. The van der Waals surface area contributed by atoms with Crippen LogP contribution in [0.1, 0.15) is 24.3 Å². The van der Waals surface area contributed by atoms with Crippen LogP contribution in [0.15, 0.2) is 53.9 Å². The van der Waals surface area contributed by atoms with Crippen LogP contribution >= 0.6 is 11.3 Å². The fourth-order valence-corrected chi connectivity index (χ4v) is 5.70. The number of nitrogens with zero attached hydrogens (tertiary/aromatic N) is 1. The molecule has 0 spiro atoms. The molecule has 1 N–H and O–H groups in total. The molecule has 0 amide bonds. The minimum atomic E-state index is -0.445. The Bertz CT molecular complexity index is 1040. The first-order valence-corrected chi connectivity index (χ1v) is 11.4. The Balaban J connectivity index is 1.39. The molecule has 3 aliphatic heterocycles. The molecule has 2 bridgehead atoms. The normalized spacial score (nSPS) is 24.0.